The van der Waals surface area contributed by atoms with Crippen molar-refractivity contribution in [3.63, 3.8) is 0 Å². The summed E-state index contributed by atoms with van der Waals surface area (Å²) in [6, 6.07) is 1.28. The second-order valence-corrected chi connectivity index (χ2v) is 38.1. The van der Waals surface area contributed by atoms with E-state index in [-0.39, 0.29) is 47.8 Å². The van der Waals surface area contributed by atoms with Crippen LogP contribution in [0.3, 0.4) is 0 Å². The number of hydrogen-bond acceptors (Lipinski definition) is 16. The molecule has 0 saturated heterocycles. The molecular formula is C106H228N8O16+8. The van der Waals surface area contributed by atoms with E-state index in [1.807, 2.05) is 27.7 Å². The smallest absolute Gasteiger partial charge is 0.305 e. The summed E-state index contributed by atoms with van der Waals surface area (Å²) in [7, 11) is 12.5. The molecule has 0 aliphatic rings. The number of nitrogens with zero attached hydrogens (tertiary/aromatic N) is 8. The fourth-order valence-electron chi connectivity index (χ4n) is 15.5. The summed E-state index contributed by atoms with van der Waals surface area (Å²) in [5.74, 6) is -0.380. The molecular weight excluding hydrogens is 1640 g/mol. The van der Waals surface area contributed by atoms with Crippen molar-refractivity contribution in [1.29, 1.82) is 0 Å². The minimum Gasteiger partial charge on any atom is -0.460 e. The van der Waals surface area contributed by atoms with Crippen molar-refractivity contribution in [1.82, 2.24) is 0 Å². The van der Waals surface area contributed by atoms with Gasteiger partial charge in [-0.2, -0.15) is 0 Å². The number of rotatable bonds is 72. The molecule has 24 heteroatoms. The van der Waals surface area contributed by atoms with Crippen LogP contribution in [0.2, 0.25) is 0 Å². The molecule has 130 heavy (non-hydrogen) atoms. The molecule has 0 saturated carbocycles. The van der Waals surface area contributed by atoms with E-state index in [0.29, 0.717) is 116 Å². The summed E-state index contributed by atoms with van der Waals surface area (Å²) in [6.07, 6.45) is 28.0. The van der Waals surface area contributed by atoms with Crippen LogP contribution in [0.5, 0.6) is 0 Å². The van der Waals surface area contributed by atoms with Gasteiger partial charge in [0.25, 0.3) is 0 Å². The molecule has 0 bridgehead atoms. The first-order valence-corrected chi connectivity index (χ1v) is 53.5. The molecule has 0 amide bonds. The maximum Gasteiger partial charge on any atom is 0.305 e. The van der Waals surface area contributed by atoms with Gasteiger partial charge in [-0.25, -0.2) is 0 Å². The lowest BCUT2D eigenvalue weighted by molar-refractivity contribution is -0.948. The second kappa shape index (κ2) is 92.2. The van der Waals surface area contributed by atoms with Gasteiger partial charge >= 0.3 is 47.8 Å². The number of hydrogen-bond donors (Lipinski definition) is 0. The standard InChI is InChI=1S/2C16H34NO2.2C15H32NO2.C13H28NO2.C12H26NO2.C10H22NO2.C9H20NO2/c1-6-10-11-16(18)19-14-13-17(9-4,12-7-2)15(5)8-3;1-5-9-11-16(18)19-15-14-17(8-4,12-7-3)13-10-6-2;1-6-10-15(17)18-13-12-16(9-4,11-7-2)14(5)8-3;1-5-9-12-16(8-4,11-7-3)13-14-18-15(17)10-6-2;1-5-9-10-13(15)16-12-11-14(6-2,7-3)8-4;1-5-9-12(14)15-11-10-13(6-2,7-3)8-4;1-5-6-7-10(12)13-9-8-11(2,3)4;1-5-6-9(11)12-8-7-10(2,3)4/h15H,6-14H2,1-5H3;5-15H2,1-4H3;14H,6-13H2,1-5H3;5-14H2,1-4H3;5-12H2,1-4H3;5-11H2,1-4H3;5-9H2,1-4H3;5-8H2,1-4H3/q8*+1. The van der Waals surface area contributed by atoms with Gasteiger partial charge in [-0.3, -0.25) is 38.4 Å². The Kier molecular flexibility index (Phi) is 99.8. The Morgan fingerprint density at radius 2 is 0.369 bits per heavy atom. The highest BCUT2D eigenvalue weighted by molar-refractivity contribution is 5.71. The van der Waals surface area contributed by atoms with Crippen molar-refractivity contribution in [3.8, 4) is 0 Å². The lowest BCUT2D eigenvalue weighted by Crippen LogP contribution is -2.56. The summed E-state index contributed by atoms with van der Waals surface area (Å²) in [6.45, 7) is 91.4. The van der Waals surface area contributed by atoms with Crippen LogP contribution in [-0.2, 0) is 76.3 Å². The lowest BCUT2D eigenvalue weighted by atomic mass is 10.1. The molecule has 0 heterocycles. The topological polar surface area (TPSA) is 210 Å². The van der Waals surface area contributed by atoms with Gasteiger partial charge in [0, 0.05) is 51.4 Å². The van der Waals surface area contributed by atoms with Gasteiger partial charge in [0.15, 0.2) is 0 Å². The van der Waals surface area contributed by atoms with Crippen molar-refractivity contribution < 1.29 is 112 Å². The summed E-state index contributed by atoms with van der Waals surface area (Å²) >= 11 is 0. The molecule has 0 aliphatic heterocycles. The van der Waals surface area contributed by atoms with E-state index in [0.717, 1.165) is 231 Å². The number of carbonyl (C=O) groups is 8. The summed E-state index contributed by atoms with van der Waals surface area (Å²) in [5.41, 5.74) is 0. The van der Waals surface area contributed by atoms with Crippen molar-refractivity contribution in [2.24, 2.45) is 0 Å². The summed E-state index contributed by atoms with van der Waals surface area (Å²) in [5, 5.41) is 0. The minimum absolute atomic E-state index is 0.0250. The summed E-state index contributed by atoms with van der Waals surface area (Å²) in [4.78, 5) is 90.3. The molecule has 0 rings (SSSR count). The Balaban J connectivity index is -0.000000219. The zero-order valence-corrected chi connectivity index (χ0v) is 93.1. The first kappa shape index (κ1) is 141. The van der Waals surface area contributed by atoms with Gasteiger partial charge in [0.05, 0.1) is 159 Å². The molecule has 24 nitrogen and oxygen atoms in total. The van der Waals surface area contributed by atoms with Crippen LogP contribution in [-0.4, -0.2) is 348 Å². The van der Waals surface area contributed by atoms with Gasteiger partial charge in [0.2, 0.25) is 0 Å². The molecule has 780 valence electrons. The van der Waals surface area contributed by atoms with Crippen LogP contribution in [0.25, 0.3) is 0 Å². The van der Waals surface area contributed by atoms with E-state index < -0.39 is 0 Å². The fourth-order valence-corrected chi connectivity index (χ4v) is 15.5. The molecule has 0 aromatic heterocycles. The first-order valence-electron chi connectivity index (χ1n) is 53.5. The zero-order valence-electron chi connectivity index (χ0n) is 93.1. The van der Waals surface area contributed by atoms with Gasteiger partial charge in [-0.1, -0.05) is 149 Å². The molecule has 0 radical (unpaired) electrons. The van der Waals surface area contributed by atoms with E-state index in [1.165, 1.54) is 103 Å². The molecule has 6 unspecified atom stereocenters. The Bertz CT molecular complexity index is 2590. The van der Waals surface area contributed by atoms with Crippen LogP contribution in [0.15, 0.2) is 0 Å². The Labute approximate surface area is 806 Å². The molecule has 0 aromatic carbocycles. The van der Waals surface area contributed by atoms with Gasteiger partial charge in [-0.05, 0) is 186 Å². The highest BCUT2D eigenvalue weighted by atomic mass is 16.6. The molecule has 0 aromatic rings. The Morgan fingerprint density at radius 3 is 0.531 bits per heavy atom. The van der Waals surface area contributed by atoms with Crippen LogP contribution in [0.4, 0.5) is 0 Å². The van der Waals surface area contributed by atoms with Gasteiger partial charge < -0.3 is 73.8 Å². The average molecular weight is 1870 g/mol. The second-order valence-electron chi connectivity index (χ2n) is 38.1. The third kappa shape index (κ3) is 80.7. The van der Waals surface area contributed by atoms with Gasteiger partial charge in [-0.15, -0.1) is 0 Å². The van der Waals surface area contributed by atoms with E-state index in [1.54, 1.807) is 0 Å². The predicted octanol–water partition coefficient (Wildman–Crippen LogP) is 21.5. The lowest BCUT2D eigenvalue weighted by Gasteiger charge is -2.42. The third-order valence-corrected chi connectivity index (χ3v) is 26.1. The maximum atomic E-state index is 11.5. The van der Waals surface area contributed by atoms with Crippen molar-refractivity contribution in [3.05, 3.63) is 0 Å². The Hall–Kier alpha value is -4.56. The minimum atomic E-state index is -0.0778. The van der Waals surface area contributed by atoms with Crippen LogP contribution < -0.4 is 0 Å². The molecule has 6 atom stereocenters. The number of quaternary nitrogens is 8. The highest BCUT2D eigenvalue weighted by Crippen LogP contribution is 2.21. The SMILES string of the molecule is CCCC(=O)OCC[N+](C)(C)C.CCCC(=O)OCC[N+](CC)(CC)CC.CCCC(=O)OCC[N+](CC)(CCC)C(C)CC.CCCCC(=O)OCC[N+](C)(C)C.CCCCC(=O)OCC[N+](CC)(CC)CC.CCCCC(=O)OCC[N+](CC)(CCC)C(C)CC.CCCCC(=O)OCC[N+](CC)(CCC)CCCC.CCCC[N+](CC)(CCC)CCOC(=O)CCC. The van der Waals surface area contributed by atoms with E-state index in [9.17, 15) is 38.4 Å². The quantitative estimate of drug-likeness (QED) is 0.0315. The number of esters is 8. The largest absolute Gasteiger partial charge is 0.460 e. The van der Waals surface area contributed by atoms with Crippen molar-refractivity contribution in [2.45, 2.75) is 399 Å². The van der Waals surface area contributed by atoms with E-state index >= 15 is 0 Å². The first-order chi connectivity index (χ1) is 61.6. The number of ether oxygens (including phenoxy) is 8. The van der Waals surface area contributed by atoms with Crippen molar-refractivity contribution >= 4 is 47.8 Å². The fraction of sp³-hybridized carbons (Fsp3) is 0.925. The molecule has 0 fully saturated rings. The molecule has 0 aliphatic carbocycles. The van der Waals surface area contributed by atoms with Crippen LogP contribution in [0.1, 0.15) is 386 Å². The normalized spacial score (nSPS) is 13.5. The van der Waals surface area contributed by atoms with Crippen LogP contribution >= 0.6 is 0 Å². The van der Waals surface area contributed by atoms with E-state index in [4.69, 9.17) is 37.9 Å². The highest BCUT2D eigenvalue weighted by Gasteiger charge is 2.33. The third-order valence-electron chi connectivity index (χ3n) is 26.1. The summed E-state index contributed by atoms with van der Waals surface area (Å²) < 4.78 is 50.0. The van der Waals surface area contributed by atoms with Crippen molar-refractivity contribution in [2.75, 3.05) is 252 Å². The average Bonchev–Trinajstić information content (AvgIpc) is 0.847. The molecule has 0 N–H and O–H groups in total. The maximum absolute atomic E-state index is 11.5. The van der Waals surface area contributed by atoms with Gasteiger partial charge in [0.1, 0.15) is 105 Å². The van der Waals surface area contributed by atoms with Crippen LogP contribution in [0, 0.1) is 0 Å². The predicted molar refractivity (Wildman–Crippen MR) is 547 cm³/mol. The number of carbonyl (C=O) groups excluding carboxylic acids is 8. The zero-order chi connectivity index (χ0) is 101. The Morgan fingerprint density at radius 1 is 0.185 bits per heavy atom. The molecule has 0 spiro atoms. The van der Waals surface area contributed by atoms with E-state index in [2.05, 4.69) is 208 Å². The monoisotopic (exact) mass is 1870 g/mol. The number of likely N-dealkylation sites (N-methyl/N-ethyl adjacent to an activating group) is 8. The number of unbranched alkanes of at least 4 members (excludes halogenated alkanes) is 6.